The van der Waals surface area contributed by atoms with Gasteiger partial charge in [-0.15, -0.1) is 0 Å². The summed E-state index contributed by atoms with van der Waals surface area (Å²) in [5, 5.41) is 8.06. The van der Waals surface area contributed by atoms with E-state index in [9.17, 15) is 0 Å². The first-order valence-electron chi connectivity index (χ1n) is 5.98. The number of benzene rings is 1. The van der Waals surface area contributed by atoms with Gasteiger partial charge >= 0.3 is 0 Å². The second kappa shape index (κ2) is 6.26. The van der Waals surface area contributed by atoms with Gasteiger partial charge in [0.25, 0.3) is 0 Å². The van der Waals surface area contributed by atoms with Crippen molar-refractivity contribution in [1.82, 2.24) is 0 Å². The van der Waals surface area contributed by atoms with E-state index in [1.165, 1.54) is 24.0 Å². The van der Waals surface area contributed by atoms with E-state index >= 15 is 0 Å². The quantitative estimate of drug-likeness (QED) is 0.555. The van der Waals surface area contributed by atoms with Crippen LogP contribution in [0.1, 0.15) is 42.9 Å². The van der Waals surface area contributed by atoms with E-state index in [1.54, 1.807) is 0 Å². The summed E-state index contributed by atoms with van der Waals surface area (Å²) in [6.45, 7) is 6.32. The predicted molar refractivity (Wildman–Crippen MR) is 71.4 cm³/mol. The first-order chi connectivity index (χ1) is 7.66. The topological polar surface area (TPSA) is 23.9 Å². The smallest absolute Gasteiger partial charge is 0.0614 e. The number of aryl methyl sites for hydroxylation is 2. The Morgan fingerprint density at radius 1 is 1.25 bits per heavy atom. The van der Waals surface area contributed by atoms with Crippen LogP contribution in [-0.4, -0.2) is 5.71 Å². The summed E-state index contributed by atoms with van der Waals surface area (Å²) < 4.78 is 0. The number of nitrogens with one attached hydrogen (secondary N) is 1. The molecule has 0 radical (unpaired) electrons. The maximum absolute atomic E-state index is 8.06. The van der Waals surface area contributed by atoms with E-state index in [4.69, 9.17) is 5.41 Å². The maximum atomic E-state index is 8.06. The van der Waals surface area contributed by atoms with Gasteiger partial charge in [0.1, 0.15) is 0 Å². The second-order valence-corrected chi connectivity index (χ2v) is 4.23. The van der Waals surface area contributed by atoms with Crippen LogP contribution in [0.3, 0.4) is 0 Å². The van der Waals surface area contributed by atoms with E-state index in [-0.39, 0.29) is 0 Å². The normalized spacial score (nSPS) is 10.9. The standard InChI is InChI=1S/C15H21N/c1-4-5-6-7-11-14(16)15-12(2)9-8-10-13(15)3/h7-11,16H,4-6H2,1-3H3/b11-7-,16-14?. The van der Waals surface area contributed by atoms with Crippen LogP contribution in [0.4, 0.5) is 0 Å². The Morgan fingerprint density at radius 3 is 2.44 bits per heavy atom. The van der Waals surface area contributed by atoms with Gasteiger partial charge in [-0.05, 0) is 37.5 Å². The Kier molecular flexibility index (Phi) is 4.97. The fourth-order valence-electron chi connectivity index (χ4n) is 1.85. The van der Waals surface area contributed by atoms with Crippen LogP contribution < -0.4 is 0 Å². The van der Waals surface area contributed by atoms with Crippen molar-refractivity contribution in [3.05, 3.63) is 47.0 Å². The van der Waals surface area contributed by atoms with Crippen molar-refractivity contribution in [3.63, 3.8) is 0 Å². The van der Waals surface area contributed by atoms with Crippen LogP contribution in [0.25, 0.3) is 0 Å². The maximum Gasteiger partial charge on any atom is 0.0614 e. The van der Waals surface area contributed by atoms with Crippen molar-refractivity contribution in [2.24, 2.45) is 0 Å². The Bertz CT molecular complexity index is 368. The van der Waals surface area contributed by atoms with Crippen molar-refractivity contribution in [3.8, 4) is 0 Å². The molecule has 0 atom stereocenters. The van der Waals surface area contributed by atoms with Gasteiger partial charge in [-0.2, -0.15) is 0 Å². The lowest BCUT2D eigenvalue weighted by molar-refractivity contribution is 0.815. The molecule has 0 aromatic heterocycles. The Labute approximate surface area is 98.7 Å². The Morgan fingerprint density at radius 2 is 1.88 bits per heavy atom. The van der Waals surface area contributed by atoms with Gasteiger partial charge in [0.15, 0.2) is 0 Å². The molecule has 0 spiro atoms. The third kappa shape index (κ3) is 3.34. The van der Waals surface area contributed by atoms with Gasteiger partial charge < -0.3 is 5.41 Å². The fraction of sp³-hybridized carbons (Fsp3) is 0.400. The molecule has 0 amide bonds. The third-order valence-corrected chi connectivity index (χ3v) is 2.76. The van der Waals surface area contributed by atoms with Crippen molar-refractivity contribution in [2.75, 3.05) is 0 Å². The molecule has 1 N–H and O–H groups in total. The van der Waals surface area contributed by atoms with Crippen LogP contribution in [0, 0.1) is 19.3 Å². The molecule has 0 aliphatic heterocycles. The molecule has 1 rings (SSSR count). The Hall–Kier alpha value is -1.37. The zero-order chi connectivity index (χ0) is 12.0. The second-order valence-electron chi connectivity index (χ2n) is 4.23. The van der Waals surface area contributed by atoms with E-state index in [0.717, 1.165) is 12.0 Å². The molecule has 1 aromatic rings. The highest BCUT2D eigenvalue weighted by Crippen LogP contribution is 2.14. The van der Waals surface area contributed by atoms with E-state index in [2.05, 4.69) is 39.0 Å². The van der Waals surface area contributed by atoms with Crippen LogP contribution in [0.15, 0.2) is 30.4 Å². The SMILES string of the molecule is CCCC/C=C\C(=N)c1c(C)cccc1C. The monoisotopic (exact) mass is 215 g/mol. The lowest BCUT2D eigenvalue weighted by Gasteiger charge is -2.07. The van der Waals surface area contributed by atoms with Crippen LogP contribution in [0.2, 0.25) is 0 Å². The largest absolute Gasteiger partial charge is 0.300 e. The summed E-state index contributed by atoms with van der Waals surface area (Å²) in [6, 6.07) is 6.18. The molecule has 0 aliphatic rings. The van der Waals surface area contributed by atoms with Crippen molar-refractivity contribution in [1.29, 1.82) is 5.41 Å². The summed E-state index contributed by atoms with van der Waals surface area (Å²) in [7, 11) is 0. The molecular formula is C15H21N. The average Bonchev–Trinajstić information content (AvgIpc) is 2.24. The van der Waals surface area contributed by atoms with Gasteiger partial charge in [0.2, 0.25) is 0 Å². The first-order valence-corrected chi connectivity index (χ1v) is 5.98. The Balaban J connectivity index is 2.77. The molecule has 0 aliphatic carbocycles. The van der Waals surface area contributed by atoms with Gasteiger partial charge in [0.05, 0.1) is 5.71 Å². The van der Waals surface area contributed by atoms with Gasteiger partial charge in [-0.1, -0.05) is 44.0 Å². The van der Waals surface area contributed by atoms with E-state index in [1.807, 2.05) is 12.1 Å². The predicted octanol–water partition coefficient (Wildman–Crippen LogP) is 4.42. The zero-order valence-electron chi connectivity index (χ0n) is 10.5. The highest BCUT2D eigenvalue weighted by molar-refractivity contribution is 6.08. The number of hydrogen-bond donors (Lipinski definition) is 1. The summed E-state index contributed by atoms with van der Waals surface area (Å²) in [6.07, 6.45) is 7.53. The number of hydrogen-bond acceptors (Lipinski definition) is 1. The minimum atomic E-state index is 0.631. The summed E-state index contributed by atoms with van der Waals surface area (Å²) in [4.78, 5) is 0. The lowest BCUT2D eigenvalue weighted by Crippen LogP contribution is -2.01. The van der Waals surface area contributed by atoms with Gasteiger partial charge in [-0.3, -0.25) is 0 Å². The van der Waals surface area contributed by atoms with Crippen molar-refractivity contribution >= 4 is 5.71 Å². The van der Waals surface area contributed by atoms with Crippen LogP contribution in [0.5, 0.6) is 0 Å². The van der Waals surface area contributed by atoms with Crippen LogP contribution >= 0.6 is 0 Å². The first kappa shape index (κ1) is 12.7. The summed E-state index contributed by atoms with van der Waals surface area (Å²) in [5.41, 5.74) is 4.08. The number of unbranched alkanes of at least 4 members (excludes halogenated alkanes) is 2. The fourth-order valence-corrected chi connectivity index (χ4v) is 1.85. The number of allylic oxidation sites excluding steroid dienone is 2. The van der Waals surface area contributed by atoms with Gasteiger partial charge in [-0.25, -0.2) is 0 Å². The molecule has 86 valence electrons. The highest BCUT2D eigenvalue weighted by Gasteiger charge is 2.04. The average molecular weight is 215 g/mol. The van der Waals surface area contributed by atoms with Crippen molar-refractivity contribution < 1.29 is 0 Å². The lowest BCUT2D eigenvalue weighted by atomic mass is 9.98. The van der Waals surface area contributed by atoms with Crippen molar-refractivity contribution in [2.45, 2.75) is 40.0 Å². The van der Waals surface area contributed by atoms with Gasteiger partial charge in [0, 0.05) is 5.56 Å². The molecule has 1 aromatic carbocycles. The minimum absolute atomic E-state index is 0.631. The zero-order valence-corrected chi connectivity index (χ0v) is 10.5. The molecule has 1 heteroatoms. The summed E-state index contributed by atoms with van der Waals surface area (Å²) >= 11 is 0. The molecule has 1 nitrogen and oxygen atoms in total. The molecule has 0 unspecified atom stereocenters. The third-order valence-electron chi connectivity index (χ3n) is 2.76. The molecule has 16 heavy (non-hydrogen) atoms. The number of rotatable bonds is 5. The highest BCUT2D eigenvalue weighted by atomic mass is 14.4. The van der Waals surface area contributed by atoms with E-state index < -0.39 is 0 Å². The van der Waals surface area contributed by atoms with Crippen LogP contribution in [-0.2, 0) is 0 Å². The summed E-state index contributed by atoms with van der Waals surface area (Å²) in [5.74, 6) is 0. The minimum Gasteiger partial charge on any atom is -0.300 e. The molecule has 0 saturated carbocycles. The molecular weight excluding hydrogens is 194 g/mol. The molecule has 0 heterocycles. The van der Waals surface area contributed by atoms with E-state index in [0.29, 0.717) is 5.71 Å². The molecule has 0 bridgehead atoms. The molecule has 0 saturated heterocycles. The molecule has 0 fully saturated rings.